The number of rotatable bonds is 4. The summed E-state index contributed by atoms with van der Waals surface area (Å²) in [7, 11) is 1.38. The standard InChI is InChI=1S/C10H10FN5O2/c1-17-9-13-8(16-12)14-10(15-9)18-7-5-3-2-4-6(7)11/h2-5H,12H2,1H3,(H,13,14,15,16). The van der Waals surface area contributed by atoms with Crippen LogP contribution in [0.2, 0.25) is 0 Å². The summed E-state index contributed by atoms with van der Waals surface area (Å²) in [6.07, 6.45) is 0. The molecule has 2 rings (SSSR count). The number of hydrogen-bond donors (Lipinski definition) is 2. The first-order chi connectivity index (χ1) is 8.72. The quantitative estimate of drug-likeness (QED) is 0.620. The van der Waals surface area contributed by atoms with Crippen LogP contribution in [0.4, 0.5) is 10.3 Å². The number of benzene rings is 1. The van der Waals surface area contributed by atoms with Gasteiger partial charge in [-0.1, -0.05) is 12.1 Å². The largest absolute Gasteiger partial charge is 0.467 e. The lowest BCUT2D eigenvalue weighted by Gasteiger charge is -2.07. The van der Waals surface area contributed by atoms with E-state index in [0.29, 0.717) is 0 Å². The molecule has 0 aliphatic rings. The normalized spacial score (nSPS) is 9.94. The van der Waals surface area contributed by atoms with Gasteiger partial charge in [0.15, 0.2) is 11.6 Å². The van der Waals surface area contributed by atoms with Gasteiger partial charge >= 0.3 is 12.0 Å². The van der Waals surface area contributed by atoms with Crippen LogP contribution in [0.15, 0.2) is 24.3 Å². The molecule has 1 aromatic heterocycles. The highest BCUT2D eigenvalue weighted by molar-refractivity contribution is 5.30. The molecule has 0 saturated carbocycles. The fourth-order valence-electron chi connectivity index (χ4n) is 1.17. The van der Waals surface area contributed by atoms with Crippen LogP contribution in [0.25, 0.3) is 0 Å². The minimum absolute atomic E-state index is 0.00397. The molecule has 0 atom stereocenters. The summed E-state index contributed by atoms with van der Waals surface area (Å²) in [5.74, 6) is 4.69. The molecule has 1 heterocycles. The van der Waals surface area contributed by atoms with E-state index in [0.717, 1.165) is 0 Å². The predicted molar refractivity (Wildman–Crippen MR) is 60.7 cm³/mol. The molecule has 0 saturated heterocycles. The van der Waals surface area contributed by atoms with Gasteiger partial charge in [0.1, 0.15) is 0 Å². The third kappa shape index (κ3) is 2.61. The molecular weight excluding hydrogens is 241 g/mol. The summed E-state index contributed by atoms with van der Waals surface area (Å²) in [4.78, 5) is 11.4. The van der Waals surface area contributed by atoms with Crippen LogP contribution in [0.1, 0.15) is 0 Å². The Labute approximate surface area is 102 Å². The topological polar surface area (TPSA) is 95.2 Å². The number of anilines is 1. The van der Waals surface area contributed by atoms with E-state index in [9.17, 15) is 4.39 Å². The lowest BCUT2D eigenvalue weighted by atomic mass is 10.3. The average Bonchev–Trinajstić information content (AvgIpc) is 2.41. The Morgan fingerprint density at radius 1 is 1.17 bits per heavy atom. The number of hydrogen-bond acceptors (Lipinski definition) is 7. The Morgan fingerprint density at radius 2 is 1.89 bits per heavy atom. The number of nitrogens with zero attached hydrogens (tertiary/aromatic N) is 3. The Hall–Kier alpha value is -2.48. The number of nitrogen functional groups attached to an aromatic ring is 1. The van der Waals surface area contributed by atoms with Crippen molar-refractivity contribution in [3.05, 3.63) is 30.1 Å². The van der Waals surface area contributed by atoms with Crippen LogP contribution in [0.3, 0.4) is 0 Å². The predicted octanol–water partition coefficient (Wildman–Crippen LogP) is 1.10. The van der Waals surface area contributed by atoms with Gasteiger partial charge in [-0.2, -0.15) is 9.97 Å². The molecule has 1 aromatic carbocycles. The van der Waals surface area contributed by atoms with Gasteiger partial charge in [-0.3, -0.25) is 5.43 Å². The number of ether oxygens (including phenoxy) is 2. The van der Waals surface area contributed by atoms with E-state index in [1.807, 2.05) is 0 Å². The first-order valence-corrected chi connectivity index (χ1v) is 4.92. The molecule has 0 radical (unpaired) electrons. The van der Waals surface area contributed by atoms with E-state index in [2.05, 4.69) is 20.4 Å². The highest BCUT2D eigenvalue weighted by Gasteiger charge is 2.10. The van der Waals surface area contributed by atoms with Crippen LogP contribution in [-0.2, 0) is 0 Å². The number of methoxy groups -OCH3 is 1. The summed E-state index contributed by atoms with van der Waals surface area (Å²) in [6.45, 7) is 0. The Bertz CT molecular complexity index is 529. The molecule has 0 aliphatic carbocycles. The molecule has 7 nitrogen and oxygen atoms in total. The monoisotopic (exact) mass is 251 g/mol. The molecule has 0 amide bonds. The second-order valence-corrected chi connectivity index (χ2v) is 3.11. The van der Waals surface area contributed by atoms with E-state index in [1.165, 1.54) is 19.2 Å². The van der Waals surface area contributed by atoms with Crippen molar-refractivity contribution in [3.8, 4) is 17.8 Å². The van der Waals surface area contributed by atoms with Gasteiger partial charge in [0.05, 0.1) is 7.11 Å². The van der Waals surface area contributed by atoms with Crippen molar-refractivity contribution in [3.63, 3.8) is 0 Å². The van der Waals surface area contributed by atoms with Crippen LogP contribution >= 0.6 is 0 Å². The SMILES string of the molecule is COc1nc(NN)nc(Oc2ccccc2F)n1. The summed E-state index contributed by atoms with van der Waals surface area (Å²) >= 11 is 0. The first kappa shape index (κ1) is 12.0. The first-order valence-electron chi connectivity index (χ1n) is 4.92. The van der Waals surface area contributed by atoms with Crippen molar-refractivity contribution in [1.29, 1.82) is 0 Å². The van der Waals surface area contributed by atoms with E-state index < -0.39 is 5.82 Å². The summed E-state index contributed by atoms with van der Waals surface area (Å²) in [6, 6.07) is 5.75. The minimum atomic E-state index is -0.529. The second kappa shape index (κ2) is 5.23. The zero-order chi connectivity index (χ0) is 13.0. The minimum Gasteiger partial charge on any atom is -0.467 e. The van der Waals surface area contributed by atoms with E-state index in [-0.39, 0.29) is 23.7 Å². The fraction of sp³-hybridized carbons (Fsp3) is 0.100. The summed E-state index contributed by atoms with van der Waals surface area (Å²) in [5.41, 5.74) is 2.23. The molecule has 0 unspecified atom stereocenters. The zero-order valence-corrected chi connectivity index (χ0v) is 9.42. The van der Waals surface area contributed by atoms with Gasteiger partial charge in [-0.05, 0) is 12.1 Å². The molecule has 0 spiro atoms. The lowest BCUT2D eigenvalue weighted by Crippen LogP contribution is -2.12. The van der Waals surface area contributed by atoms with Gasteiger partial charge in [-0.25, -0.2) is 10.2 Å². The van der Waals surface area contributed by atoms with E-state index >= 15 is 0 Å². The van der Waals surface area contributed by atoms with Crippen molar-refractivity contribution in [2.45, 2.75) is 0 Å². The smallest absolute Gasteiger partial charge is 0.330 e. The molecule has 8 heteroatoms. The zero-order valence-electron chi connectivity index (χ0n) is 9.42. The van der Waals surface area contributed by atoms with Crippen LogP contribution in [-0.4, -0.2) is 22.1 Å². The second-order valence-electron chi connectivity index (χ2n) is 3.11. The van der Waals surface area contributed by atoms with Gasteiger partial charge < -0.3 is 9.47 Å². The Kier molecular flexibility index (Phi) is 3.49. The maximum absolute atomic E-state index is 13.4. The number of nitrogens with two attached hydrogens (primary N) is 1. The highest BCUT2D eigenvalue weighted by Crippen LogP contribution is 2.22. The van der Waals surface area contributed by atoms with Gasteiger partial charge in [0.25, 0.3) is 0 Å². The van der Waals surface area contributed by atoms with Crippen molar-refractivity contribution in [1.82, 2.24) is 15.0 Å². The molecule has 0 bridgehead atoms. The fourth-order valence-corrected chi connectivity index (χ4v) is 1.17. The third-order valence-electron chi connectivity index (χ3n) is 1.94. The molecule has 0 fully saturated rings. The number of hydrazine groups is 1. The third-order valence-corrected chi connectivity index (χ3v) is 1.94. The van der Waals surface area contributed by atoms with Crippen LogP contribution in [0.5, 0.6) is 17.8 Å². The van der Waals surface area contributed by atoms with Crippen molar-refractivity contribution >= 4 is 5.95 Å². The Morgan fingerprint density at radius 3 is 2.56 bits per heavy atom. The van der Waals surface area contributed by atoms with E-state index in [4.69, 9.17) is 15.3 Å². The molecule has 18 heavy (non-hydrogen) atoms. The summed E-state index contributed by atoms with van der Waals surface area (Å²) < 4.78 is 23.4. The highest BCUT2D eigenvalue weighted by atomic mass is 19.1. The maximum atomic E-state index is 13.4. The van der Waals surface area contributed by atoms with Crippen molar-refractivity contribution in [2.75, 3.05) is 12.5 Å². The van der Waals surface area contributed by atoms with Crippen LogP contribution in [0, 0.1) is 5.82 Å². The average molecular weight is 251 g/mol. The molecule has 2 aromatic rings. The number of aromatic nitrogens is 3. The van der Waals surface area contributed by atoms with Gasteiger partial charge in [0, 0.05) is 0 Å². The van der Waals surface area contributed by atoms with Gasteiger partial charge in [0.2, 0.25) is 5.95 Å². The van der Waals surface area contributed by atoms with Crippen molar-refractivity contribution < 1.29 is 13.9 Å². The van der Waals surface area contributed by atoms with Crippen molar-refractivity contribution in [2.24, 2.45) is 5.84 Å². The number of halogens is 1. The lowest BCUT2D eigenvalue weighted by molar-refractivity contribution is 0.355. The van der Waals surface area contributed by atoms with Crippen LogP contribution < -0.4 is 20.7 Å². The molecule has 0 aliphatic heterocycles. The maximum Gasteiger partial charge on any atom is 0.330 e. The number of nitrogens with one attached hydrogen (secondary N) is 1. The van der Waals surface area contributed by atoms with E-state index in [1.54, 1.807) is 12.1 Å². The molecular formula is C10H10FN5O2. The molecule has 94 valence electrons. The van der Waals surface area contributed by atoms with Gasteiger partial charge in [-0.15, -0.1) is 4.98 Å². The molecule has 3 N–H and O–H groups in total. The number of para-hydroxylation sites is 1. The Balaban J connectivity index is 2.31. The summed E-state index contributed by atoms with van der Waals surface area (Å²) in [5, 5.41) is 0.